The first kappa shape index (κ1) is 12.0. The number of carboxylic acids is 1. The number of halogens is 2. The van der Waals surface area contributed by atoms with E-state index in [0.29, 0.717) is 5.56 Å². The second-order valence-corrected chi connectivity index (χ2v) is 4.83. The molecule has 1 N–H and O–H groups in total. The summed E-state index contributed by atoms with van der Waals surface area (Å²) in [6.45, 7) is 3.74. The van der Waals surface area contributed by atoms with Crippen molar-refractivity contribution in [1.82, 2.24) is 0 Å². The number of aliphatic carboxylic acids is 1. The normalized spacial score (nSPS) is 25.9. The van der Waals surface area contributed by atoms with E-state index < -0.39 is 23.7 Å². The van der Waals surface area contributed by atoms with Crippen molar-refractivity contribution in [2.45, 2.75) is 37.5 Å². The molecule has 1 saturated carbocycles. The van der Waals surface area contributed by atoms with Crippen LogP contribution < -0.4 is 0 Å². The summed E-state index contributed by atoms with van der Waals surface area (Å²) >= 11 is 0. The van der Waals surface area contributed by atoms with Gasteiger partial charge in [-0.3, -0.25) is 4.79 Å². The lowest BCUT2D eigenvalue weighted by Gasteiger charge is -2.18. The van der Waals surface area contributed by atoms with Gasteiger partial charge < -0.3 is 5.11 Å². The number of rotatable bonds is 3. The van der Waals surface area contributed by atoms with Gasteiger partial charge in [-0.1, -0.05) is 38.1 Å². The third kappa shape index (κ3) is 1.54. The highest BCUT2D eigenvalue weighted by atomic mass is 19.3. The molecule has 0 aliphatic heterocycles. The Bertz CT molecular complexity index is 468. The van der Waals surface area contributed by atoms with Gasteiger partial charge in [0.05, 0.1) is 0 Å². The summed E-state index contributed by atoms with van der Waals surface area (Å²) in [7, 11) is 0. The Balaban J connectivity index is 2.58. The van der Waals surface area contributed by atoms with Crippen molar-refractivity contribution in [1.29, 1.82) is 0 Å². The standard InChI is InChI=1S/C13H14F2O2/c1-8(2)9-5-3-4-6-10(9)12(11(16)17)7-13(12,14)15/h3-6,8H,7H2,1-2H3,(H,16,17). The van der Waals surface area contributed by atoms with Gasteiger partial charge in [0.25, 0.3) is 5.92 Å². The van der Waals surface area contributed by atoms with Gasteiger partial charge in [-0.15, -0.1) is 0 Å². The van der Waals surface area contributed by atoms with E-state index in [1.54, 1.807) is 18.2 Å². The molecule has 1 aromatic rings. The van der Waals surface area contributed by atoms with E-state index in [1.165, 1.54) is 6.07 Å². The number of alkyl halides is 2. The Morgan fingerprint density at radius 3 is 2.29 bits per heavy atom. The Morgan fingerprint density at radius 1 is 1.35 bits per heavy atom. The fourth-order valence-electron chi connectivity index (χ4n) is 2.32. The maximum atomic E-state index is 13.5. The average Bonchev–Trinajstić information content (AvgIpc) is 2.83. The highest BCUT2D eigenvalue weighted by Gasteiger charge is 2.77. The number of hydrogen-bond donors (Lipinski definition) is 1. The molecule has 4 heteroatoms. The molecule has 2 nitrogen and oxygen atoms in total. The third-order valence-corrected chi connectivity index (χ3v) is 3.39. The number of benzene rings is 1. The van der Waals surface area contributed by atoms with E-state index in [1.807, 2.05) is 13.8 Å². The highest BCUT2D eigenvalue weighted by molar-refractivity contribution is 5.88. The molecular formula is C13H14F2O2. The van der Waals surface area contributed by atoms with Crippen LogP contribution in [-0.4, -0.2) is 17.0 Å². The molecule has 0 bridgehead atoms. The summed E-state index contributed by atoms with van der Waals surface area (Å²) in [5, 5.41) is 9.12. The average molecular weight is 240 g/mol. The first-order chi connectivity index (χ1) is 7.83. The molecule has 0 aromatic heterocycles. The maximum Gasteiger partial charge on any atom is 0.320 e. The van der Waals surface area contributed by atoms with E-state index in [0.717, 1.165) is 0 Å². The molecule has 0 amide bonds. The summed E-state index contributed by atoms with van der Waals surface area (Å²) in [6, 6.07) is 6.58. The van der Waals surface area contributed by atoms with Crippen LogP contribution in [0.1, 0.15) is 37.3 Å². The zero-order valence-electron chi connectivity index (χ0n) is 9.71. The smallest absolute Gasteiger partial charge is 0.320 e. The molecule has 1 unspecified atom stereocenters. The van der Waals surface area contributed by atoms with Crippen LogP contribution in [0.5, 0.6) is 0 Å². The van der Waals surface area contributed by atoms with Crippen molar-refractivity contribution in [2.24, 2.45) is 0 Å². The molecule has 1 atom stereocenters. The van der Waals surface area contributed by atoms with Crippen LogP contribution in [0.3, 0.4) is 0 Å². The van der Waals surface area contributed by atoms with Crippen molar-refractivity contribution in [3.05, 3.63) is 35.4 Å². The SMILES string of the molecule is CC(C)c1ccccc1C1(C(=O)O)CC1(F)F. The zero-order valence-corrected chi connectivity index (χ0v) is 9.71. The van der Waals surface area contributed by atoms with Gasteiger partial charge in [-0.2, -0.15) is 0 Å². The fourth-order valence-corrected chi connectivity index (χ4v) is 2.32. The summed E-state index contributed by atoms with van der Waals surface area (Å²) < 4.78 is 26.9. The maximum absolute atomic E-state index is 13.5. The van der Waals surface area contributed by atoms with Crippen molar-refractivity contribution in [3.63, 3.8) is 0 Å². The lowest BCUT2D eigenvalue weighted by atomic mass is 9.86. The lowest BCUT2D eigenvalue weighted by Crippen LogP contribution is -2.28. The minimum absolute atomic E-state index is 0.0267. The molecule has 0 heterocycles. The number of hydrogen-bond acceptors (Lipinski definition) is 1. The van der Waals surface area contributed by atoms with Gasteiger partial charge in [0.2, 0.25) is 0 Å². The molecule has 0 radical (unpaired) electrons. The zero-order chi connectivity index (χ0) is 12.8. The van der Waals surface area contributed by atoms with Crippen molar-refractivity contribution in [2.75, 3.05) is 0 Å². The summed E-state index contributed by atoms with van der Waals surface area (Å²) in [5.41, 5.74) is -1.06. The monoisotopic (exact) mass is 240 g/mol. The van der Waals surface area contributed by atoms with Gasteiger partial charge in [0.1, 0.15) is 0 Å². The fraction of sp³-hybridized carbons (Fsp3) is 0.462. The van der Waals surface area contributed by atoms with Crippen LogP contribution in [-0.2, 0) is 10.2 Å². The van der Waals surface area contributed by atoms with Gasteiger partial charge in [0.15, 0.2) is 5.41 Å². The summed E-state index contributed by atoms with van der Waals surface area (Å²) in [5.74, 6) is -4.54. The molecule has 1 fully saturated rings. The van der Waals surface area contributed by atoms with Crippen LogP contribution in [0, 0.1) is 0 Å². The second kappa shape index (κ2) is 3.52. The van der Waals surface area contributed by atoms with E-state index in [2.05, 4.69) is 0 Å². The Morgan fingerprint density at radius 2 is 1.88 bits per heavy atom. The Hall–Kier alpha value is -1.45. The van der Waals surface area contributed by atoms with E-state index in [9.17, 15) is 13.6 Å². The molecule has 17 heavy (non-hydrogen) atoms. The Labute approximate surface area is 98.3 Å². The molecular weight excluding hydrogens is 226 g/mol. The van der Waals surface area contributed by atoms with Gasteiger partial charge in [-0.05, 0) is 17.0 Å². The molecule has 0 saturated heterocycles. The van der Waals surface area contributed by atoms with Crippen molar-refractivity contribution in [3.8, 4) is 0 Å². The van der Waals surface area contributed by atoms with Crippen LogP contribution in [0.2, 0.25) is 0 Å². The largest absolute Gasteiger partial charge is 0.480 e. The lowest BCUT2D eigenvalue weighted by molar-refractivity contribution is -0.143. The summed E-state index contributed by atoms with van der Waals surface area (Å²) in [4.78, 5) is 11.2. The minimum atomic E-state index is -3.14. The van der Waals surface area contributed by atoms with E-state index in [4.69, 9.17) is 5.11 Å². The van der Waals surface area contributed by atoms with Crippen molar-refractivity contribution >= 4 is 5.97 Å². The molecule has 1 aliphatic rings. The molecule has 1 aliphatic carbocycles. The van der Waals surface area contributed by atoms with Gasteiger partial charge in [0, 0.05) is 6.42 Å². The predicted octanol–water partition coefficient (Wildman–Crippen LogP) is 3.17. The molecule has 2 rings (SSSR count). The van der Waals surface area contributed by atoms with E-state index in [-0.39, 0.29) is 11.5 Å². The van der Waals surface area contributed by atoms with Crippen LogP contribution in [0.25, 0.3) is 0 Å². The second-order valence-electron chi connectivity index (χ2n) is 4.83. The van der Waals surface area contributed by atoms with Crippen LogP contribution in [0.4, 0.5) is 8.78 Å². The minimum Gasteiger partial charge on any atom is -0.480 e. The molecule has 92 valence electrons. The molecule has 0 spiro atoms. The van der Waals surface area contributed by atoms with Gasteiger partial charge >= 0.3 is 5.97 Å². The van der Waals surface area contributed by atoms with Crippen LogP contribution >= 0.6 is 0 Å². The third-order valence-electron chi connectivity index (χ3n) is 3.39. The Kier molecular flexibility index (Phi) is 2.49. The van der Waals surface area contributed by atoms with E-state index >= 15 is 0 Å². The van der Waals surface area contributed by atoms with Crippen LogP contribution in [0.15, 0.2) is 24.3 Å². The molecule has 1 aromatic carbocycles. The quantitative estimate of drug-likeness (QED) is 0.881. The topological polar surface area (TPSA) is 37.3 Å². The number of carboxylic acid groups (broad SMARTS) is 1. The highest BCUT2D eigenvalue weighted by Crippen LogP contribution is 2.62. The van der Waals surface area contributed by atoms with Crippen molar-refractivity contribution < 1.29 is 18.7 Å². The first-order valence-electron chi connectivity index (χ1n) is 5.53. The first-order valence-corrected chi connectivity index (χ1v) is 5.53. The summed E-state index contributed by atoms with van der Waals surface area (Å²) in [6.07, 6.45) is -0.598. The number of carbonyl (C=O) groups is 1. The predicted molar refractivity (Wildman–Crippen MR) is 59.4 cm³/mol. The van der Waals surface area contributed by atoms with Gasteiger partial charge in [-0.25, -0.2) is 8.78 Å².